The number of nitrogens with one attached hydrogen (secondary N) is 1. The highest BCUT2D eigenvalue weighted by atomic mass is 19.1. The van der Waals surface area contributed by atoms with E-state index in [-0.39, 0.29) is 17.2 Å². The fraction of sp³-hybridized carbons (Fsp3) is 0.0714. The lowest BCUT2D eigenvalue weighted by Gasteiger charge is -2.09. The summed E-state index contributed by atoms with van der Waals surface area (Å²) in [5.41, 5.74) is 7.67. The first kappa shape index (κ1) is 12.1. The van der Waals surface area contributed by atoms with Gasteiger partial charge in [0, 0.05) is 11.4 Å². The Hall–Kier alpha value is -2.36. The molecule has 2 aromatic rings. The average Bonchev–Trinajstić information content (AvgIpc) is 2.32. The maximum Gasteiger partial charge on any atom is 0.257 e. The van der Waals surface area contributed by atoms with Crippen LogP contribution in [0.1, 0.15) is 15.9 Å². The van der Waals surface area contributed by atoms with Gasteiger partial charge < -0.3 is 11.1 Å². The summed E-state index contributed by atoms with van der Waals surface area (Å²) in [6, 6.07) is 11.1. The first-order valence-electron chi connectivity index (χ1n) is 5.50. The minimum absolute atomic E-state index is 0.126. The van der Waals surface area contributed by atoms with Crippen molar-refractivity contribution >= 4 is 17.3 Å². The van der Waals surface area contributed by atoms with Gasteiger partial charge in [-0.05, 0) is 36.8 Å². The highest BCUT2D eigenvalue weighted by Gasteiger charge is 2.11. The van der Waals surface area contributed by atoms with Crippen LogP contribution in [-0.4, -0.2) is 5.91 Å². The van der Waals surface area contributed by atoms with E-state index in [1.54, 1.807) is 6.07 Å². The highest BCUT2D eigenvalue weighted by molar-refractivity contribution is 6.07. The topological polar surface area (TPSA) is 55.1 Å². The lowest BCUT2D eigenvalue weighted by Crippen LogP contribution is -2.14. The number of aryl methyl sites for hydroxylation is 1. The molecule has 92 valence electrons. The standard InChI is InChI=1S/C14H13FN2O/c1-9-4-2-3-5-13(9)17-14(18)11-7-6-10(15)8-12(11)16/h2-8H,16H2,1H3,(H,17,18). The van der Waals surface area contributed by atoms with Gasteiger partial charge >= 0.3 is 0 Å². The summed E-state index contributed by atoms with van der Waals surface area (Å²) in [5.74, 6) is -0.804. The van der Waals surface area contributed by atoms with Gasteiger partial charge in [0.25, 0.3) is 5.91 Å². The van der Waals surface area contributed by atoms with Crippen molar-refractivity contribution in [1.82, 2.24) is 0 Å². The number of halogens is 1. The van der Waals surface area contributed by atoms with Gasteiger partial charge in [-0.25, -0.2) is 4.39 Å². The van der Waals surface area contributed by atoms with Crippen molar-refractivity contribution in [3.8, 4) is 0 Å². The maximum absolute atomic E-state index is 12.9. The molecular weight excluding hydrogens is 231 g/mol. The lowest BCUT2D eigenvalue weighted by molar-refractivity contribution is 0.102. The molecular formula is C14H13FN2O. The van der Waals surface area contributed by atoms with Crippen molar-refractivity contribution in [2.45, 2.75) is 6.92 Å². The number of hydrogen-bond donors (Lipinski definition) is 2. The third-order valence-corrected chi connectivity index (χ3v) is 2.65. The van der Waals surface area contributed by atoms with E-state index in [2.05, 4.69) is 5.32 Å². The molecule has 3 nitrogen and oxygen atoms in total. The molecule has 0 saturated carbocycles. The van der Waals surface area contributed by atoms with Gasteiger partial charge in [0.15, 0.2) is 0 Å². The van der Waals surface area contributed by atoms with Crippen LogP contribution in [0.2, 0.25) is 0 Å². The van der Waals surface area contributed by atoms with E-state index >= 15 is 0 Å². The van der Waals surface area contributed by atoms with Gasteiger partial charge in [0.2, 0.25) is 0 Å². The van der Waals surface area contributed by atoms with Gasteiger partial charge in [0.1, 0.15) is 5.82 Å². The molecule has 0 aromatic heterocycles. The first-order chi connectivity index (χ1) is 8.58. The zero-order valence-corrected chi connectivity index (χ0v) is 9.91. The SMILES string of the molecule is Cc1ccccc1NC(=O)c1ccc(F)cc1N. The van der Waals surface area contributed by atoms with Gasteiger partial charge in [-0.3, -0.25) is 4.79 Å². The van der Waals surface area contributed by atoms with Crippen molar-refractivity contribution < 1.29 is 9.18 Å². The van der Waals surface area contributed by atoms with E-state index in [0.717, 1.165) is 11.6 Å². The molecule has 0 aliphatic carbocycles. The average molecular weight is 244 g/mol. The number of para-hydroxylation sites is 1. The fourth-order valence-electron chi connectivity index (χ4n) is 1.64. The van der Waals surface area contributed by atoms with E-state index in [0.29, 0.717) is 5.69 Å². The molecule has 1 amide bonds. The highest BCUT2D eigenvalue weighted by Crippen LogP contribution is 2.18. The van der Waals surface area contributed by atoms with Crippen molar-refractivity contribution in [2.75, 3.05) is 11.1 Å². The van der Waals surface area contributed by atoms with Crippen LogP contribution < -0.4 is 11.1 Å². The van der Waals surface area contributed by atoms with Crippen molar-refractivity contribution in [1.29, 1.82) is 0 Å². The molecule has 2 rings (SSSR count). The second-order valence-electron chi connectivity index (χ2n) is 4.00. The Morgan fingerprint density at radius 1 is 1.22 bits per heavy atom. The van der Waals surface area contributed by atoms with E-state index in [9.17, 15) is 9.18 Å². The molecule has 0 aliphatic heterocycles. The van der Waals surface area contributed by atoms with Crippen LogP contribution in [0, 0.1) is 12.7 Å². The zero-order chi connectivity index (χ0) is 13.1. The number of anilines is 2. The van der Waals surface area contributed by atoms with Crippen LogP contribution in [0.5, 0.6) is 0 Å². The van der Waals surface area contributed by atoms with E-state index in [1.165, 1.54) is 12.1 Å². The molecule has 0 heterocycles. The fourth-order valence-corrected chi connectivity index (χ4v) is 1.64. The molecule has 2 aromatic carbocycles. The summed E-state index contributed by atoms with van der Waals surface area (Å²) < 4.78 is 12.9. The molecule has 0 atom stereocenters. The van der Waals surface area contributed by atoms with Crippen molar-refractivity contribution in [2.24, 2.45) is 0 Å². The summed E-state index contributed by atoms with van der Waals surface area (Å²) in [4.78, 5) is 12.0. The quantitative estimate of drug-likeness (QED) is 0.798. The Morgan fingerprint density at radius 2 is 1.94 bits per heavy atom. The van der Waals surface area contributed by atoms with Crippen LogP contribution in [0.25, 0.3) is 0 Å². The Morgan fingerprint density at radius 3 is 2.61 bits per heavy atom. The molecule has 0 radical (unpaired) electrons. The number of carbonyl (C=O) groups is 1. The van der Waals surface area contributed by atoms with Crippen molar-refractivity contribution in [3.63, 3.8) is 0 Å². The number of amides is 1. The third kappa shape index (κ3) is 2.48. The molecule has 0 fully saturated rings. The van der Waals surface area contributed by atoms with Gasteiger partial charge in [-0.15, -0.1) is 0 Å². The summed E-state index contributed by atoms with van der Waals surface area (Å²) in [6.45, 7) is 1.89. The summed E-state index contributed by atoms with van der Waals surface area (Å²) in [6.07, 6.45) is 0. The minimum atomic E-state index is -0.458. The number of nitrogen functional groups attached to an aromatic ring is 1. The minimum Gasteiger partial charge on any atom is -0.398 e. The normalized spacial score (nSPS) is 10.1. The zero-order valence-electron chi connectivity index (χ0n) is 9.91. The summed E-state index contributed by atoms with van der Waals surface area (Å²) in [5, 5.41) is 2.75. The Labute approximate surface area is 104 Å². The molecule has 18 heavy (non-hydrogen) atoms. The maximum atomic E-state index is 12.9. The number of hydrogen-bond acceptors (Lipinski definition) is 2. The van der Waals surface area contributed by atoms with E-state index < -0.39 is 5.82 Å². The Balaban J connectivity index is 2.25. The van der Waals surface area contributed by atoms with Gasteiger partial charge in [-0.1, -0.05) is 18.2 Å². The van der Waals surface area contributed by atoms with Crippen molar-refractivity contribution in [3.05, 3.63) is 59.4 Å². The number of benzene rings is 2. The second kappa shape index (κ2) is 4.87. The lowest BCUT2D eigenvalue weighted by atomic mass is 10.1. The van der Waals surface area contributed by atoms with Crippen LogP contribution in [-0.2, 0) is 0 Å². The summed E-state index contributed by atoms with van der Waals surface area (Å²) >= 11 is 0. The summed E-state index contributed by atoms with van der Waals surface area (Å²) in [7, 11) is 0. The van der Waals surface area contributed by atoms with E-state index in [4.69, 9.17) is 5.73 Å². The van der Waals surface area contributed by atoms with Gasteiger partial charge in [0.05, 0.1) is 5.56 Å². The van der Waals surface area contributed by atoms with Crippen LogP contribution in [0.3, 0.4) is 0 Å². The monoisotopic (exact) mass is 244 g/mol. The molecule has 0 unspecified atom stereocenters. The Bertz CT molecular complexity index is 596. The third-order valence-electron chi connectivity index (χ3n) is 2.65. The van der Waals surface area contributed by atoms with Crippen LogP contribution >= 0.6 is 0 Å². The molecule has 3 N–H and O–H groups in total. The molecule has 4 heteroatoms. The largest absolute Gasteiger partial charge is 0.398 e. The number of nitrogens with two attached hydrogens (primary N) is 1. The number of rotatable bonds is 2. The van der Waals surface area contributed by atoms with Crippen LogP contribution in [0.4, 0.5) is 15.8 Å². The predicted molar refractivity (Wildman–Crippen MR) is 69.9 cm³/mol. The first-order valence-corrected chi connectivity index (χ1v) is 5.50. The molecule has 0 spiro atoms. The molecule has 0 saturated heterocycles. The molecule has 0 aliphatic rings. The van der Waals surface area contributed by atoms with Crippen LogP contribution in [0.15, 0.2) is 42.5 Å². The second-order valence-corrected chi connectivity index (χ2v) is 4.00. The Kier molecular flexibility index (Phi) is 3.28. The number of carbonyl (C=O) groups excluding carboxylic acids is 1. The molecule has 0 bridgehead atoms. The van der Waals surface area contributed by atoms with Gasteiger partial charge in [-0.2, -0.15) is 0 Å². The smallest absolute Gasteiger partial charge is 0.257 e. The predicted octanol–water partition coefficient (Wildman–Crippen LogP) is 2.97. The van der Waals surface area contributed by atoms with E-state index in [1.807, 2.05) is 25.1 Å².